The molecule has 224 valence electrons. The van der Waals surface area contributed by atoms with Crippen molar-refractivity contribution < 1.29 is 0 Å². The van der Waals surface area contributed by atoms with Crippen molar-refractivity contribution in [3.8, 4) is 0 Å². The van der Waals surface area contributed by atoms with E-state index < -0.39 is 0 Å². The van der Waals surface area contributed by atoms with E-state index in [0.717, 1.165) is 46.3 Å². The Labute approximate surface area is 259 Å². The summed E-state index contributed by atoms with van der Waals surface area (Å²) in [7, 11) is 0. The Morgan fingerprint density at radius 2 is 1.35 bits per heavy atom. The molecule has 0 atom stereocenters. The summed E-state index contributed by atoms with van der Waals surface area (Å²) in [6, 6.07) is 10.3. The van der Waals surface area contributed by atoms with Crippen molar-refractivity contribution in [2.24, 2.45) is 4.99 Å². The van der Waals surface area contributed by atoms with E-state index in [1.54, 1.807) is 11.3 Å². The highest BCUT2D eigenvalue weighted by Crippen LogP contribution is 2.23. The number of aryl methyl sites for hydroxylation is 1. The summed E-state index contributed by atoms with van der Waals surface area (Å²) in [5.41, 5.74) is 2.99. The fourth-order valence-corrected chi connectivity index (χ4v) is 5.41. The van der Waals surface area contributed by atoms with Gasteiger partial charge in [0, 0.05) is 29.2 Å². The third kappa shape index (κ3) is 14.7. The zero-order chi connectivity index (χ0) is 26.7. The van der Waals surface area contributed by atoms with Crippen LogP contribution in [0.25, 0.3) is 10.9 Å². The smallest absolute Gasteiger partial charge is 0.202 e. The average Bonchev–Trinajstić information content (AvgIpc) is 3.43. The average molecular weight is 609 g/mol. The summed E-state index contributed by atoms with van der Waals surface area (Å²) >= 11 is 1.58. The molecule has 8 heteroatoms. The summed E-state index contributed by atoms with van der Waals surface area (Å²) in [6.45, 7) is 5.12. The normalized spacial score (nSPS) is 11.2. The van der Waals surface area contributed by atoms with E-state index in [1.165, 1.54) is 96.3 Å². The molecule has 0 aliphatic rings. The molecule has 0 saturated carbocycles. The second kappa shape index (κ2) is 22.8. The molecule has 0 fully saturated rings. The van der Waals surface area contributed by atoms with Crippen LogP contribution in [0.4, 0.5) is 10.8 Å². The number of aromatic nitrogens is 2. The van der Waals surface area contributed by atoms with E-state index in [2.05, 4.69) is 45.7 Å². The number of benzene rings is 1. The predicted molar refractivity (Wildman–Crippen MR) is 182 cm³/mol. The Bertz CT molecular complexity index is 1060. The van der Waals surface area contributed by atoms with Crippen LogP contribution in [0.5, 0.6) is 0 Å². The largest absolute Gasteiger partial charge is 0.325 e. The van der Waals surface area contributed by atoms with E-state index >= 15 is 0 Å². The van der Waals surface area contributed by atoms with Gasteiger partial charge in [0.2, 0.25) is 5.96 Å². The summed E-state index contributed by atoms with van der Waals surface area (Å²) < 4.78 is 0. The molecule has 3 aromatic rings. The molecule has 5 nitrogen and oxygen atoms in total. The van der Waals surface area contributed by atoms with Gasteiger partial charge in [-0.3, -0.25) is 9.98 Å². The third-order valence-corrected chi connectivity index (χ3v) is 7.73. The minimum atomic E-state index is 0. The second-order valence-corrected chi connectivity index (χ2v) is 11.3. The molecule has 0 radical (unpaired) electrons. The highest BCUT2D eigenvalue weighted by atomic mass is 35.5. The van der Waals surface area contributed by atoms with E-state index in [0.29, 0.717) is 0 Å². The molecule has 0 bridgehead atoms. The first-order valence-corrected chi connectivity index (χ1v) is 16.0. The van der Waals surface area contributed by atoms with Crippen LogP contribution in [0.1, 0.15) is 115 Å². The molecule has 2 N–H and O–H groups in total. The number of anilines is 2. The highest BCUT2D eigenvalue weighted by molar-refractivity contribution is 7.13. The van der Waals surface area contributed by atoms with Gasteiger partial charge in [0.1, 0.15) is 0 Å². The molecule has 2 aromatic heterocycles. The van der Waals surface area contributed by atoms with Crippen molar-refractivity contribution in [2.75, 3.05) is 17.2 Å². The van der Waals surface area contributed by atoms with Crippen molar-refractivity contribution in [3.63, 3.8) is 0 Å². The number of hydrogen-bond acceptors (Lipinski definition) is 4. The Morgan fingerprint density at radius 3 is 1.93 bits per heavy atom. The van der Waals surface area contributed by atoms with Crippen LogP contribution in [-0.2, 0) is 0 Å². The van der Waals surface area contributed by atoms with Crippen LogP contribution in [0.3, 0.4) is 0 Å². The molecule has 0 spiro atoms. The number of nitrogens with zero attached hydrogens (tertiary/aromatic N) is 3. The van der Waals surface area contributed by atoms with Gasteiger partial charge in [0.25, 0.3) is 0 Å². The summed E-state index contributed by atoms with van der Waals surface area (Å²) in [6.07, 6.45) is 23.9. The van der Waals surface area contributed by atoms with Gasteiger partial charge in [-0.1, -0.05) is 121 Å². The lowest BCUT2D eigenvalue weighted by Gasteiger charge is -2.13. The first-order chi connectivity index (χ1) is 18.8. The predicted octanol–water partition coefficient (Wildman–Crippen LogP) is 11.0. The molecule has 1 aromatic carbocycles. The molecule has 0 amide bonds. The maximum absolute atomic E-state index is 4.87. The maximum atomic E-state index is 4.87. The van der Waals surface area contributed by atoms with Crippen LogP contribution >= 0.6 is 36.2 Å². The molecule has 40 heavy (non-hydrogen) atoms. The first kappa shape index (κ1) is 36.1. The van der Waals surface area contributed by atoms with Crippen molar-refractivity contribution in [1.82, 2.24) is 9.97 Å². The Morgan fingerprint density at radius 1 is 0.775 bits per heavy atom. The molecule has 3 rings (SSSR count). The number of para-hydroxylation sites is 1. The van der Waals surface area contributed by atoms with Crippen LogP contribution < -0.4 is 10.6 Å². The van der Waals surface area contributed by atoms with Crippen molar-refractivity contribution in [1.29, 1.82) is 0 Å². The van der Waals surface area contributed by atoms with Gasteiger partial charge in [-0.2, -0.15) is 0 Å². The maximum Gasteiger partial charge on any atom is 0.202 e. The number of halogens is 2. The van der Waals surface area contributed by atoms with Gasteiger partial charge in [-0.05, 0) is 25.5 Å². The lowest BCUT2D eigenvalue weighted by Crippen LogP contribution is -2.23. The first-order valence-electron chi connectivity index (χ1n) is 15.1. The molecule has 0 aliphatic heterocycles. The molecule has 2 heterocycles. The molecular weight excluding hydrogens is 557 g/mol. The highest BCUT2D eigenvalue weighted by Gasteiger charge is 2.08. The topological polar surface area (TPSA) is 62.2 Å². The van der Waals surface area contributed by atoms with E-state index in [4.69, 9.17) is 4.99 Å². The summed E-state index contributed by atoms with van der Waals surface area (Å²) in [5.74, 6) is 0.747. The quantitative estimate of drug-likeness (QED) is 0.0807. The molecule has 0 unspecified atom stereocenters. The summed E-state index contributed by atoms with van der Waals surface area (Å²) in [5, 5.41) is 10.8. The fraction of sp³-hybridized carbons (Fsp3) is 0.594. The van der Waals surface area contributed by atoms with Crippen LogP contribution in [0, 0.1) is 6.92 Å². The van der Waals surface area contributed by atoms with Crippen molar-refractivity contribution in [2.45, 2.75) is 117 Å². The van der Waals surface area contributed by atoms with Crippen LogP contribution in [0.2, 0.25) is 0 Å². The number of nitrogens with one attached hydrogen (secondary N) is 2. The van der Waals surface area contributed by atoms with Crippen LogP contribution in [0.15, 0.2) is 46.9 Å². The molecule has 0 aliphatic carbocycles. The Kier molecular flexibility index (Phi) is 20.6. The minimum Gasteiger partial charge on any atom is -0.325 e. The van der Waals surface area contributed by atoms with Gasteiger partial charge in [-0.25, -0.2) is 4.98 Å². The van der Waals surface area contributed by atoms with Crippen molar-refractivity contribution in [3.05, 3.63) is 47.6 Å². The lowest BCUT2D eigenvalue weighted by molar-refractivity contribution is 0.530. The standard InChI is InChI=1S/C32H49N5S.2ClH/c1-3-4-5-6-7-8-9-10-11-12-13-14-15-16-17-20-23-33-31(37-32-34-24-25-38-32)36-30-26-27(2)35-29-22-19-18-21-28(29)30;;/h18-19,21-22,24-26H,3-17,20,23H2,1-2H3,(H2,33,34,35,36,37);2*1H. The number of pyridine rings is 1. The Balaban J connectivity index is 0.00000400. The Hall–Kier alpha value is -1.89. The number of rotatable bonds is 19. The van der Waals surface area contributed by atoms with Gasteiger partial charge in [0.05, 0.1) is 11.2 Å². The minimum absolute atomic E-state index is 0. The number of aliphatic imine (C=N–C) groups is 1. The van der Waals surface area contributed by atoms with Gasteiger partial charge in [-0.15, -0.1) is 36.2 Å². The van der Waals surface area contributed by atoms with Crippen LogP contribution in [-0.4, -0.2) is 22.5 Å². The van der Waals surface area contributed by atoms with E-state index in [9.17, 15) is 0 Å². The van der Waals surface area contributed by atoms with Crippen molar-refractivity contribution >= 4 is 63.8 Å². The fourth-order valence-electron chi connectivity index (χ4n) is 4.89. The molecule has 0 saturated heterocycles. The number of thiazole rings is 1. The SMILES string of the molecule is CCCCCCCCCCCCCCCCCCN=C(Nc1nccs1)Nc1cc(C)nc2ccccc12.Cl.Cl. The summed E-state index contributed by atoms with van der Waals surface area (Å²) in [4.78, 5) is 13.9. The number of unbranched alkanes of at least 4 members (excludes halogenated alkanes) is 15. The lowest BCUT2D eigenvalue weighted by atomic mass is 10.0. The van der Waals surface area contributed by atoms with E-state index in [-0.39, 0.29) is 24.8 Å². The zero-order valence-electron chi connectivity index (χ0n) is 24.6. The third-order valence-electron chi connectivity index (χ3n) is 7.04. The van der Waals surface area contributed by atoms with Gasteiger partial charge < -0.3 is 10.6 Å². The zero-order valence-corrected chi connectivity index (χ0v) is 27.1. The van der Waals surface area contributed by atoms with Gasteiger partial charge in [0.15, 0.2) is 5.13 Å². The monoisotopic (exact) mass is 607 g/mol. The number of guanidine groups is 1. The molecular formula is C32H51Cl2N5S. The van der Waals surface area contributed by atoms with Gasteiger partial charge >= 0.3 is 0 Å². The number of hydrogen-bond donors (Lipinski definition) is 2. The second-order valence-electron chi connectivity index (χ2n) is 10.4. The number of fused-ring (bicyclic) bond motifs is 1. The van der Waals surface area contributed by atoms with E-state index in [1.807, 2.05) is 30.6 Å².